The maximum atomic E-state index is 8.36. The molecule has 0 saturated carbocycles. The Morgan fingerprint density at radius 1 is 1.58 bits per heavy atom. The SMILES string of the molecule is CCON1CCCC1.O=[N+]([O-])O. The van der Waals surface area contributed by atoms with E-state index in [1.165, 1.54) is 12.8 Å². The summed E-state index contributed by atoms with van der Waals surface area (Å²) < 4.78 is 0. The van der Waals surface area contributed by atoms with Gasteiger partial charge in [0.25, 0.3) is 5.09 Å². The highest BCUT2D eigenvalue weighted by molar-refractivity contribution is 4.56. The van der Waals surface area contributed by atoms with Crippen LogP contribution in [0.1, 0.15) is 19.8 Å². The van der Waals surface area contributed by atoms with Gasteiger partial charge in [-0.2, -0.15) is 5.06 Å². The van der Waals surface area contributed by atoms with Crippen LogP contribution in [0.15, 0.2) is 0 Å². The van der Waals surface area contributed by atoms with Crippen molar-refractivity contribution in [1.29, 1.82) is 0 Å². The van der Waals surface area contributed by atoms with Crippen molar-refractivity contribution < 1.29 is 15.1 Å². The van der Waals surface area contributed by atoms with Crippen LogP contribution in [0, 0.1) is 10.1 Å². The molecule has 0 unspecified atom stereocenters. The summed E-state index contributed by atoms with van der Waals surface area (Å²) in [5.74, 6) is 0. The van der Waals surface area contributed by atoms with Gasteiger partial charge in [-0.3, -0.25) is 4.84 Å². The molecule has 1 heterocycles. The zero-order valence-electron chi connectivity index (χ0n) is 7.10. The largest absolute Gasteiger partial charge is 0.328 e. The number of hydrogen-bond acceptors (Lipinski definition) is 4. The molecule has 0 atom stereocenters. The molecule has 0 aromatic heterocycles. The Hall–Kier alpha value is -0.880. The van der Waals surface area contributed by atoms with E-state index in [0.717, 1.165) is 19.7 Å². The van der Waals surface area contributed by atoms with Crippen LogP contribution in [0.4, 0.5) is 0 Å². The molecule has 6 heteroatoms. The molecule has 1 fully saturated rings. The molecular formula is C6H14N2O4. The van der Waals surface area contributed by atoms with Crippen molar-refractivity contribution >= 4 is 0 Å². The Labute approximate surface area is 70.8 Å². The second-order valence-corrected chi connectivity index (χ2v) is 2.29. The highest BCUT2D eigenvalue weighted by Crippen LogP contribution is 2.06. The van der Waals surface area contributed by atoms with E-state index in [1.54, 1.807) is 0 Å². The number of hydrogen-bond donors (Lipinski definition) is 1. The van der Waals surface area contributed by atoms with Crippen LogP contribution >= 0.6 is 0 Å². The first-order valence-corrected chi connectivity index (χ1v) is 3.88. The first-order chi connectivity index (χ1) is 5.66. The summed E-state index contributed by atoms with van der Waals surface area (Å²) in [6.45, 7) is 5.11. The lowest BCUT2D eigenvalue weighted by Gasteiger charge is -2.11. The minimum atomic E-state index is -1.50. The Morgan fingerprint density at radius 3 is 2.33 bits per heavy atom. The fraction of sp³-hybridized carbons (Fsp3) is 1.00. The number of nitrogens with zero attached hydrogens (tertiary/aromatic N) is 2. The molecule has 0 aromatic rings. The molecule has 72 valence electrons. The molecule has 6 nitrogen and oxygen atoms in total. The average Bonchev–Trinajstić information content (AvgIpc) is 2.39. The zero-order chi connectivity index (χ0) is 9.40. The second kappa shape index (κ2) is 6.81. The lowest BCUT2D eigenvalue weighted by atomic mass is 10.4. The lowest BCUT2D eigenvalue weighted by Crippen LogP contribution is -2.19. The Balaban J connectivity index is 0.000000261. The number of rotatable bonds is 2. The normalized spacial score (nSPS) is 16.8. The van der Waals surface area contributed by atoms with E-state index in [0.29, 0.717) is 0 Å². The van der Waals surface area contributed by atoms with Gasteiger partial charge in [0.05, 0.1) is 6.61 Å². The van der Waals surface area contributed by atoms with E-state index >= 15 is 0 Å². The molecule has 1 N–H and O–H groups in total. The molecule has 12 heavy (non-hydrogen) atoms. The fourth-order valence-corrected chi connectivity index (χ4v) is 1.000. The molecule has 0 bridgehead atoms. The average molecular weight is 178 g/mol. The summed E-state index contributed by atoms with van der Waals surface area (Å²) in [6.07, 6.45) is 2.61. The summed E-state index contributed by atoms with van der Waals surface area (Å²) in [4.78, 5) is 13.6. The van der Waals surface area contributed by atoms with Gasteiger partial charge in [-0.15, -0.1) is 10.1 Å². The highest BCUT2D eigenvalue weighted by Gasteiger charge is 2.09. The summed E-state index contributed by atoms with van der Waals surface area (Å²) >= 11 is 0. The van der Waals surface area contributed by atoms with Gasteiger partial charge in [-0.05, 0) is 19.8 Å². The van der Waals surface area contributed by atoms with Crippen molar-refractivity contribution in [3.05, 3.63) is 10.1 Å². The summed E-state index contributed by atoms with van der Waals surface area (Å²) in [6, 6.07) is 0. The van der Waals surface area contributed by atoms with Gasteiger partial charge in [0, 0.05) is 13.1 Å². The first-order valence-electron chi connectivity index (χ1n) is 3.88. The van der Waals surface area contributed by atoms with Crippen LogP contribution < -0.4 is 0 Å². The molecule has 1 aliphatic rings. The third kappa shape index (κ3) is 7.23. The Bertz CT molecular complexity index is 121. The van der Waals surface area contributed by atoms with E-state index in [9.17, 15) is 0 Å². The van der Waals surface area contributed by atoms with E-state index < -0.39 is 5.09 Å². The molecule has 1 aliphatic heterocycles. The maximum Gasteiger partial charge on any atom is 0.291 e. The van der Waals surface area contributed by atoms with Gasteiger partial charge in [-0.1, -0.05) is 0 Å². The van der Waals surface area contributed by atoms with Crippen molar-refractivity contribution in [2.24, 2.45) is 0 Å². The smallest absolute Gasteiger partial charge is 0.291 e. The van der Waals surface area contributed by atoms with Crippen molar-refractivity contribution in [2.45, 2.75) is 19.8 Å². The van der Waals surface area contributed by atoms with Crippen LogP contribution in [0.2, 0.25) is 0 Å². The quantitative estimate of drug-likeness (QED) is 0.497. The Kier molecular flexibility index (Phi) is 6.31. The third-order valence-corrected chi connectivity index (χ3v) is 1.38. The van der Waals surface area contributed by atoms with Gasteiger partial charge in [0.1, 0.15) is 0 Å². The predicted octanol–water partition coefficient (Wildman–Crippen LogP) is 0.686. The Morgan fingerprint density at radius 2 is 2.00 bits per heavy atom. The molecule has 0 aromatic carbocycles. The van der Waals surface area contributed by atoms with Crippen LogP contribution in [0.3, 0.4) is 0 Å². The van der Waals surface area contributed by atoms with Crippen LogP contribution in [0.25, 0.3) is 0 Å². The standard InChI is InChI=1S/C6H13NO.HNO3/c1-2-8-7-5-3-4-6-7;2-1(3)4/h2-6H2,1H3;(H,2,3,4). The molecule has 0 spiro atoms. The summed E-state index contributed by atoms with van der Waals surface area (Å²) in [5.41, 5.74) is 0. The molecule has 1 saturated heterocycles. The fourth-order valence-electron chi connectivity index (χ4n) is 1.000. The van der Waals surface area contributed by atoms with Gasteiger partial charge >= 0.3 is 0 Å². The van der Waals surface area contributed by atoms with Crippen LogP contribution in [0.5, 0.6) is 0 Å². The van der Waals surface area contributed by atoms with E-state index in [2.05, 4.69) is 0 Å². The van der Waals surface area contributed by atoms with E-state index in [4.69, 9.17) is 20.2 Å². The lowest BCUT2D eigenvalue weighted by molar-refractivity contribution is -0.742. The second-order valence-electron chi connectivity index (χ2n) is 2.29. The van der Waals surface area contributed by atoms with Crippen molar-refractivity contribution in [1.82, 2.24) is 5.06 Å². The molecule has 0 radical (unpaired) electrons. The van der Waals surface area contributed by atoms with Crippen LogP contribution in [-0.2, 0) is 4.84 Å². The van der Waals surface area contributed by atoms with Crippen LogP contribution in [-0.4, -0.2) is 35.1 Å². The van der Waals surface area contributed by atoms with E-state index in [-0.39, 0.29) is 0 Å². The molecule has 0 amide bonds. The zero-order valence-corrected chi connectivity index (χ0v) is 7.10. The van der Waals surface area contributed by atoms with Crippen molar-refractivity contribution in [3.8, 4) is 0 Å². The van der Waals surface area contributed by atoms with E-state index in [1.807, 2.05) is 12.0 Å². The maximum absolute atomic E-state index is 8.36. The summed E-state index contributed by atoms with van der Waals surface area (Å²) in [7, 11) is 0. The minimum Gasteiger partial charge on any atom is -0.328 e. The van der Waals surface area contributed by atoms with Gasteiger partial charge in [0.2, 0.25) is 0 Å². The number of hydroxylamine groups is 2. The van der Waals surface area contributed by atoms with Gasteiger partial charge in [-0.25, -0.2) is 0 Å². The summed E-state index contributed by atoms with van der Waals surface area (Å²) in [5, 5.41) is 15.7. The van der Waals surface area contributed by atoms with Gasteiger partial charge in [0.15, 0.2) is 0 Å². The van der Waals surface area contributed by atoms with Crippen molar-refractivity contribution in [2.75, 3.05) is 19.7 Å². The topological polar surface area (TPSA) is 75.8 Å². The highest BCUT2D eigenvalue weighted by atomic mass is 16.9. The minimum absolute atomic E-state index is 0.819. The third-order valence-electron chi connectivity index (χ3n) is 1.38. The molecule has 0 aliphatic carbocycles. The molecular weight excluding hydrogens is 164 g/mol. The van der Waals surface area contributed by atoms with Crippen molar-refractivity contribution in [3.63, 3.8) is 0 Å². The predicted molar refractivity (Wildman–Crippen MR) is 41.2 cm³/mol. The molecule has 1 rings (SSSR count). The van der Waals surface area contributed by atoms with Gasteiger partial charge < -0.3 is 5.21 Å². The monoisotopic (exact) mass is 178 g/mol. The first kappa shape index (κ1) is 11.1.